The van der Waals surface area contributed by atoms with Crippen molar-refractivity contribution in [2.24, 2.45) is 14.1 Å². The number of amides is 1. The number of aryl methyl sites for hydroxylation is 1. The second-order valence-electron chi connectivity index (χ2n) is 8.23. The molecule has 12 heteroatoms. The Labute approximate surface area is 214 Å². The molecule has 1 N–H and O–H groups in total. The third-order valence-corrected chi connectivity index (χ3v) is 6.67. The molecule has 1 amide bonds. The van der Waals surface area contributed by atoms with E-state index in [2.05, 4.69) is 17.2 Å². The average Bonchev–Trinajstić information content (AvgIpc) is 3.47. The zero-order chi connectivity index (χ0) is 26.0. The first-order chi connectivity index (χ1) is 17.2. The van der Waals surface area contributed by atoms with Gasteiger partial charge in [0.2, 0.25) is 11.6 Å². The number of hydrogen-bond donors (Lipinski definition) is 1. The molecule has 3 aromatic heterocycles. The van der Waals surface area contributed by atoms with Crippen molar-refractivity contribution in [2.45, 2.75) is 32.6 Å². The summed E-state index contributed by atoms with van der Waals surface area (Å²) >= 11 is 7.40. The molecule has 0 atom stereocenters. The summed E-state index contributed by atoms with van der Waals surface area (Å²) in [6.45, 7) is 2.45. The maximum Gasteiger partial charge on any atom is 0.333 e. The molecule has 9 nitrogen and oxygen atoms in total. The van der Waals surface area contributed by atoms with Crippen molar-refractivity contribution in [1.82, 2.24) is 14.1 Å². The van der Waals surface area contributed by atoms with Crippen molar-refractivity contribution in [1.29, 1.82) is 0 Å². The lowest BCUT2D eigenvalue weighted by molar-refractivity contribution is -0.115. The molecular weight excluding hydrogens is 511 g/mol. The van der Waals surface area contributed by atoms with Crippen LogP contribution in [0.1, 0.15) is 31.7 Å². The minimum absolute atomic E-state index is 0.0104. The highest BCUT2D eigenvalue weighted by Gasteiger charge is 2.19. The number of hydrogen-bond acceptors (Lipinski definition) is 7. The summed E-state index contributed by atoms with van der Waals surface area (Å²) in [6.07, 6.45) is 3.94. The zero-order valence-electron chi connectivity index (χ0n) is 19.9. The third kappa shape index (κ3) is 5.07. The number of aromatic nitrogens is 3. The Bertz CT molecular complexity index is 1530. The molecule has 36 heavy (non-hydrogen) atoms. The molecule has 0 radical (unpaired) electrons. The molecule has 0 aliphatic rings. The number of fused-ring (bicyclic) bond motifs is 1. The molecule has 0 saturated heterocycles. The summed E-state index contributed by atoms with van der Waals surface area (Å²) in [5, 5.41) is 4.94. The van der Waals surface area contributed by atoms with Crippen LogP contribution in [0.15, 0.2) is 37.8 Å². The Hall–Kier alpha value is -3.44. The van der Waals surface area contributed by atoms with Gasteiger partial charge in [-0.15, -0.1) is 11.3 Å². The van der Waals surface area contributed by atoms with E-state index >= 15 is 0 Å². The van der Waals surface area contributed by atoms with E-state index in [1.165, 1.54) is 31.0 Å². The van der Waals surface area contributed by atoms with Gasteiger partial charge < -0.3 is 14.5 Å². The number of benzene rings is 1. The van der Waals surface area contributed by atoms with Gasteiger partial charge >= 0.3 is 5.69 Å². The fourth-order valence-electron chi connectivity index (χ4n) is 3.73. The number of rotatable bonds is 9. The van der Waals surface area contributed by atoms with Gasteiger partial charge in [0.05, 0.1) is 30.0 Å². The second kappa shape index (κ2) is 10.7. The highest BCUT2D eigenvalue weighted by molar-refractivity contribution is 7.14. The van der Waals surface area contributed by atoms with Gasteiger partial charge in [0.25, 0.3) is 5.56 Å². The molecule has 190 valence electrons. The molecular formula is C24H24ClFN4O5S. The van der Waals surface area contributed by atoms with E-state index in [-0.39, 0.29) is 28.3 Å². The molecule has 0 unspecified atom stereocenters. The van der Waals surface area contributed by atoms with Crippen LogP contribution in [-0.4, -0.2) is 26.6 Å². The van der Waals surface area contributed by atoms with Gasteiger partial charge in [-0.05, 0) is 18.6 Å². The Morgan fingerprint density at radius 2 is 2.03 bits per heavy atom. The summed E-state index contributed by atoms with van der Waals surface area (Å²) in [7, 11) is 2.84. The molecule has 1 aromatic carbocycles. The first kappa shape index (κ1) is 25.6. The smallest absolute Gasteiger partial charge is 0.333 e. The topological polar surface area (TPSA) is 108 Å². The van der Waals surface area contributed by atoms with E-state index in [0.29, 0.717) is 28.6 Å². The van der Waals surface area contributed by atoms with E-state index in [4.69, 9.17) is 20.8 Å². The maximum absolute atomic E-state index is 14.6. The van der Waals surface area contributed by atoms with Gasteiger partial charge in [-0.3, -0.25) is 18.7 Å². The standard InChI is InChI=1S/C24H24ClFN4O5S/c1-4-5-6-7-34-20-15(25)8-13(9-16(20)26)17-12-36-23(27-17)28-18(31)10-14-11-35-22-19(14)21(32)29(2)24(33)30(22)3/h8-9,11-12H,4-7,10H2,1-3H3,(H,27,28,31). The van der Waals surface area contributed by atoms with Crippen molar-refractivity contribution in [3.63, 3.8) is 0 Å². The highest BCUT2D eigenvalue weighted by atomic mass is 35.5. The van der Waals surface area contributed by atoms with Crippen molar-refractivity contribution >= 4 is 45.1 Å². The largest absolute Gasteiger partial charge is 0.489 e. The zero-order valence-corrected chi connectivity index (χ0v) is 21.5. The number of ether oxygens (including phenoxy) is 1. The van der Waals surface area contributed by atoms with Crippen LogP contribution in [-0.2, 0) is 25.3 Å². The van der Waals surface area contributed by atoms with Crippen molar-refractivity contribution in [3.05, 3.63) is 61.0 Å². The van der Waals surface area contributed by atoms with Crippen LogP contribution in [0, 0.1) is 5.82 Å². The SMILES string of the molecule is CCCCCOc1c(F)cc(-c2csc(NC(=O)Cc3coc4c3c(=O)n(C)c(=O)n4C)n2)cc1Cl. The van der Waals surface area contributed by atoms with Crippen molar-refractivity contribution in [3.8, 4) is 17.0 Å². The number of carbonyl (C=O) groups excluding carboxylic acids is 1. The van der Waals surface area contributed by atoms with E-state index in [0.717, 1.165) is 35.2 Å². The number of thiazole rings is 1. The Balaban J connectivity index is 1.48. The van der Waals surface area contributed by atoms with Gasteiger partial charge in [-0.2, -0.15) is 0 Å². The van der Waals surface area contributed by atoms with E-state index in [1.807, 2.05) is 0 Å². The molecule has 0 spiro atoms. The summed E-state index contributed by atoms with van der Waals surface area (Å²) in [5.41, 5.74) is 0.253. The first-order valence-corrected chi connectivity index (χ1v) is 12.5. The number of anilines is 1. The number of nitrogens with zero attached hydrogens (tertiary/aromatic N) is 3. The van der Waals surface area contributed by atoms with Gasteiger partial charge in [0.15, 0.2) is 16.7 Å². The lowest BCUT2D eigenvalue weighted by Gasteiger charge is -2.10. The van der Waals surface area contributed by atoms with Crippen LogP contribution in [0.3, 0.4) is 0 Å². The number of unbranched alkanes of at least 4 members (excludes halogenated alkanes) is 2. The normalized spacial score (nSPS) is 11.2. The predicted molar refractivity (Wildman–Crippen MR) is 137 cm³/mol. The number of nitrogens with one attached hydrogen (secondary N) is 1. The fourth-order valence-corrected chi connectivity index (χ4v) is 4.72. The summed E-state index contributed by atoms with van der Waals surface area (Å²) < 4.78 is 27.7. The lowest BCUT2D eigenvalue weighted by Crippen LogP contribution is -2.36. The van der Waals surface area contributed by atoms with Crippen LogP contribution in [0.2, 0.25) is 5.02 Å². The third-order valence-electron chi connectivity index (χ3n) is 5.63. The van der Waals surface area contributed by atoms with Crippen molar-refractivity contribution < 1.29 is 18.3 Å². The lowest BCUT2D eigenvalue weighted by atomic mass is 10.1. The van der Waals surface area contributed by atoms with Gasteiger partial charge in [0, 0.05) is 30.6 Å². The molecule has 0 aliphatic heterocycles. The summed E-state index contributed by atoms with van der Waals surface area (Å²) in [6, 6.07) is 2.86. The monoisotopic (exact) mass is 534 g/mol. The van der Waals surface area contributed by atoms with Crippen LogP contribution < -0.4 is 21.3 Å². The highest BCUT2D eigenvalue weighted by Crippen LogP contribution is 2.34. The van der Waals surface area contributed by atoms with Crippen LogP contribution in [0.5, 0.6) is 5.75 Å². The molecule has 4 rings (SSSR count). The predicted octanol–water partition coefficient (Wildman–Crippen LogP) is 4.50. The van der Waals surface area contributed by atoms with E-state index in [1.54, 1.807) is 11.4 Å². The van der Waals surface area contributed by atoms with Crippen molar-refractivity contribution in [2.75, 3.05) is 11.9 Å². The number of halogens is 2. The van der Waals surface area contributed by atoms with Gasteiger partial charge in [0.1, 0.15) is 5.39 Å². The van der Waals surface area contributed by atoms with Crippen LogP contribution in [0.4, 0.5) is 9.52 Å². The Kier molecular flexibility index (Phi) is 7.60. The van der Waals surface area contributed by atoms with Gasteiger partial charge in [-0.1, -0.05) is 31.4 Å². The maximum atomic E-state index is 14.6. The molecule has 4 aromatic rings. The average molecular weight is 535 g/mol. The van der Waals surface area contributed by atoms with E-state index in [9.17, 15) is 18.8 Å². The minimum atomic E-state index is -0.588. The second-order valence-corrected chi connectivity index (χ2v) is 9.50. The molecule has 0 fully saturated rings. The first-order valence-electron chi connectivity index (χ1n) is 11.2. The number of carbonyl (C=O) groups is 1. The van der Waals surface area contributed by atoms with Gasteiger partial charge in [-0.25, -0.2) is 14.2 Å². The van der Waals surface area contributed by atoms with E-state index < -0.39 is 23.0 Å². The summed E-state index contributed by atoms with van der Waals surface area (Å²) in [4.78, 5) is 41.6. The number of furan rings is 1. The minimum Gasteiger partial charge on any atom is -0.489 e. The van der Waals surface area contributed by atoms with Crippen LogP contribution >= 0.6 is 22.9 Å². The Morgan fingerprint density at radius 3 is 2.75 bits per heavy atom. The molecule has 0 bridgehead atoms. The molecule has 0 aliphatic carbocycles. The summed E-state index contributed by atoms with van der Waals surface area (Å²) in [5.74, 6) is -1.01. The quantitative estimate of drug-likeness (QED) is 0.317. The van der Waals surface area contributed by atoms with Crippen LogP contribution in [0.25, 0.3) is 22.4 Å². The molecule has 0 saturated carbocycles. The molecule has 3 heterocycles. The fraction of sp³-hybridized carbons (Fsp3) is 0.333. The Morgan fingerprint density at radius 1 is 1.25 bits per heavy atom.